The molecule has 0 aliphatic carbocycles. The molecule has 1 aromatic heterocycles. The second-order valence-corrected chi connectivity index (χ2v) is 10.2. The number of benzene rings is 2. The van der Waals surface area contributed by atoms with E-state index in [2.05, 4.69) is 38.3 Å². The predicted molar refractivity (Wildman–Crippen MR) is 149 cm³/mol. The van der Waals surface area contributed by atoms with Crippen molar-refractivity contribution in [3.8, 4) is 5.69 Å². The Morgan fingerprint density at radius 3 is 2.38 bits per heavy atom. The highest BCUT2D eigenvalue weighted by atomic mass is 16.5. The molecule has 3 rings (SSSR count). The van der Waals surface area contributed by atoms with Crippen molar-refractivity contribution in [3.05, 3.63) is 71.4 Å². The summed E-state index contributed by atoms with van der Waals surface area (Å²) in [5, 5.41) is 10.7. The van der Waals surface area contributed by atoms with Crippen LogP contribution in [0.2, 0.25) is 0 Å². The molecule has 1 heterocycles. The summed E-state index contributed by atoms with van der Waals surface area (Å²) in [7, 11) is 1.62. The number of aromatic nitrogens is 2. The lowest BCUT2D eigenvalue weighted by atomic mass is 9.92. The summed E-state index contributed by atoms with van der Waals surface area (Å²) in [6.45, 7) is 11.1. The molecule has 0 radical (unpaired) electrons. The number of amides is 3. The summed E-state index contributed by atoms with van der Waals surface area (Å²) in [6.07, 6.45) is 1.54. The minimum absolute atomic E-state index is 0.105. The summed E-state index contributed by atoms with van der Waals surface area (Å²) in [6, 6.07) is 17.2. The Balaban J connectivity index is 1.80. The van der Waals surface area contributed by atoms with Gasteiger partial charge in [-0.25, -0.2) is 9.48 Å². The molecule has 0 unspecified atom stereocenters. The van der Waals surface area contributed by atoms with Crippen molar-refractivity contribution in [2.24, 2.45) is 0 Å². The quantitative estimate of drug-likeness (QED) is 0.354. The summed E-state index contributed by atoms with van der Waals surface area (Å²) in [4.78, 5) is 27.8. The SMILES string of the molecule is CCc1ccc(NC(=O)N(CCCOC)CC(=O)Nc2cc(C(C)(C)C)nn2-c2ccccc2C)cc1. The minimum atomic E-state index is -0.335. The fourth-order valence-corrected chi connectivity index (χ4v) is 3.86. The van der Waals surface area contributed by atoms with Crippen molar-refractivity contribution < 1.29 is 14.3 Å². The number of anilines is 2. The van der Waals surface area contributed by atoms with Crippen LogP contribution in [0.1, 0.15) is 50.9 Å². The van der Waals surface area contributed by atoms with Gasteiger partial charge in [0.25, 0.3) is 0 Å². The van der Waals surface area contributed by atoms with Crippen molar-refractivity contribution in [2.45, 2.75) is 52.9 Å². The van der Waals surface area contributed by atoms with Gasteiger partial charge < -0.3 is 20.3 Å². The summed E-state index contributed by atoms with van der Waals surface area (Å²) < 4.78 is 6.92. The van der Waals surface area contributed by atoms with E-state index in [9.17, 15) is 9.59 Å². The number of urea groups is 1. The van der Waals surface area contributed by atoms with Gasteiger partial charge in [-0.3, -0.25) is 4.79 Å². The molecule has 2 N–H and O–H groups in total. The van der Waals surface area contributed by atoms with Gasteiger partial charge in [0.05, 0.1) is 11.4 Å². The lowest BCUT2D eigenvalue weighted by Crippen LogP contribution is -2.41. The van der Waals surface area contributed by atoms with Crippen LogP contribution in [0.5, 0.6) is 0 Å². The molecule has 0 saturated carbocycles. The molecule has 0 atom stereocenters. The van der Waals surface area contributed by atoms with Crippen LogP contribution in [0, 0.1) is 6.92 Å². The Labute approximate surface area is 220 Å². The van der Waals surface area contributed by atoms with Crippen LogP contribution in [0.15, 0.2) is 54.6 Å². The van der Waals surface area contributed by atoms with Gasteiger partial charge in [0.15, 0.2) is 0 Å². The Hall–Kier alpha value is -3.65. The maximum absolute atomic E-state index is 13.2. The fraction of sp³-hybridized carbons (Fsp3) is 0.414. The molecule has 0 aliphatic heterocycles. The first-order valence-corrected chi connectivity index (χ1v) is 12.7. The van der Waals surface area contributed by atoms with Crippen LogP contribution in [-0.2, 0) is 21.4 Å². The van der Waals surface area contributed by atoms with Crippen LogP contribution in [-0.4, -0.2) is 53.4 Å². The van der Waals surface area contributed by atoms with Gasteiger partial charge in [0, 0.05) is 37.4 Å². The van der Waals surface area contributed by atoms with E-state index in [4.69, 9.17) is 9.84 Å². The molecule has 8 heteroatoms. The standard InChI is InChI=1S/C29H39N5O3/c1-7-22-13-15-23(16-14-22)30-28(36)33(17-10-18-37-6)20-27(35)31-26-19-25(29(3,4)5)32-34(26)24-12-9-8-11-21(24)2/h8-9,11-16,19H,7,10,17-18,20H2,1-6H3,(H,30,36)(H,31,35). The highest BCUT2D eigenvalue weighted by Crippen LogP contribution is 2.27. The topological polar surface area (TPSA) is 88.5 Å². The maximum Gasteiger partial charge on any atom is 0.322 e. The summed E-state index contributed by atoms with van der Waals surface area (Å²) >= 11 is 0. The van der Waals surface area contributed by atoms with Crippen molar-refractivity contribution in [3.63, 3.8) is 0 Å². The molecule has 3 amide bonds. The zero-order valence-corrected chi connectivity index (χ0v) is 22.8. The predicted octanol–water partition coefficient (Wildman–Crippen LogP) is 5.55. The monoisotopic (exact) mass is 505 g/mol. The average Bonchev–Trinajstić information content (AvgIpc) is 3.28. The molecule has 8 nitrogen and oxygen atoms in total. The summed E-state index contributed by atoms with van der Waals surface area (Å²) in [5.74, 6) is 0.265. The third-order valence-corrected chi connectivity index (χ3v) is 6.10. The van der Waals surface area contributed by atoms with Crippen LogP contribution >= 0.6 is 0 Å². The molecular weight excluding hydrogens is 466 g/mol. The number of para-hydroxylation sites is 1. The van der Waals surface area contributed by atoms with Gasteiger partial charge in [-0.15, -0.1) is 0 Å². The highest BCUT2D eigenvalue weighted by molar-refractivity contribution is 5.96. The van der Waals surface area contributed by atoms with E-state index in [-0.39, 0.29) is 23.9 Å². The summed E-state index contributed by atoms with van der Waals surface area (Å²) in [5.41, 5.74) is 4.46. The van der Waals surface area contributed by atoms with Crippen molar-refractivity contribution >= 4 is 23.4 Å². The van der Waals surface area contributed by atoms with Gasteiger partial charge in [-0.05, 0) is 49.1 Å². The zero-order chi connectivity index (χ0) is 27.0. The molecule has 0 fully saturated rings. The maximum atomic E-state index is 13.2. The smallest absolute Gasteiger partial charge is 0.322 e. The van der Waals surface area contributed by atoms with E-state index in [0.717, 1.165) is 23.4 Å². The van der Waals surface area contributed by atoms with Crippen LogP contribution in [0.3, 0.4) is 0 Å². The van der Waals surface area contributed by atoms with E-state index < -0.39 is 0 Å². The van der Waals surface area contributed by atoms with E-state index in [0.29, 0.717) is 31.1 Å². The lowest BCUT2D eigenvalue weighted by molar-refractivity contribution is -0.116. The normalized spacial score (nSPS) is 11.3. The lowest BCUT2D eigenvalue weighted by Gasteiger charge is -2.23. The second-order valence-electron chi connectivity index (χ2n) is 10.2. The number of carbonyl (C=O) groups excluding carboxylic acids is 2. The molecule has 37 heavy (non-hydrogen) atoms. The van der Waals surface area contributed by atoms with Crippen molar-refractivity contribution in [1.29, 1.82) is 0 Å². The number of nitrogens with zero attached hydrogens (tertiary/aromatic N) is 3. The molecule has 3 aromatic rings. The number of ether oxygens (including phenoxy) is 1. The van der Waals surface area contributed by atoms with Crippen LogP contribution < -0.4 is 10.6 Å². The average molecular weight is 506 g/mol. The molecule has 2 aromatic carbocycles. The van der Waals surface area contributed by atoms with Crippen LogP contribution in [0.4, 0.5) is 16.3 Å². The van der Waals surface area contributed by atoms with E-state index >= 15 is 0 Å². The molecule has 0 aliphatic rings. The third-order valence-electron chi connectivity index (χ3n) is 6.10. The number of hydrogen-bond acceptors (Lipinski definition) is 4. The van der Waals surface area contributed by atoms with Gasteiger partial charge in [-0.2, -0.15) is 5.10 Å². The first-order chi connectivity index (χ1) is 17.6. The Morgan fingerprint density at radius 1 is 1.05 bits per heavy atom. The number of rotatable bonds is 10. The van der Waals surface area contributed by atoms with Crippen LogP contribution in [0.25, 0.3) is 5.69 Å². The highest BCUT2D eigenvalue weighted by Gasteiger charge is 2.23. The Bertz CT molecular complexity index is 1190. The van der Waals surface area contributed by atoms with Gasteiger partial charge in [-0.1, -0.05) is 58.0 Å². The second kappa shape index (κ2) is 12.5. The first-order valence-electron chi connectivity index (χ1n) is 12.7. The van der Waals surface area contributed by atoms with Crippen molar-refractivity contribution in [1.82, 2.24) is 14.7 Å². The number of methoxy groups -OCH3 is 1. The van der Waals surface area contributed by atoms with Crippen molar-refractivity contribution in [2.75, 3.05) is 37.4 Å². The number of nitrogens with one attached hydrogen (secondary N) is 2. The van der Waals surface area contributed by atoms with Gasteiger partial charge in [0.2, 0.25) is 5.91 Å². The first kappa shape index (κ1) is 27.9. The van der Waals surface area contributed by atoms with E-state index in [1.807, 2.05) is 61.5 Å². The van der Waals surface area contributed by atoms with Gasteiger partial charge >= 0.3 is 6.03 Å². The fourth-order valence-electron chi connectivity index (χ4n) is 3.86. The molecular formula is C29H39N5O3. The zero-order valence-electron chi connectivity index (χ0n) is 22.8. The molecule has 0 saturated heterocycles. The largest absolute Gasteiger partial charge is 0.385 e. The molecule has 0 bridgehead atoms. The molecule has 0 spiro atoms. The number of aryl methyl sites for hydroxylation is 2. The van der Waals surface area contributed by atoms with Gasteiger partial charge in [0.1, 0.15) is 12.4 Å². The third kappa shape index (κ3) is 7.67. The van der Waals surface area contributed by atoms with E-state index in [1.54, 1.807) is 11.8 Å². The Morgan fingerprint density at radius 2 is 1.76 bits per heavy atom. The Kier molecular flexibility index (Phi) is 9.47. The number of hydrogen-bond donors (Lipinski definition) is 2. The molecule has 198 valence electrons. The van der Waals surface area contributed by atoms with E-state index in [1.165, 1.54) is 10.5 Å². The minimum Gasteiger partial charge on any atom is -0.385 e. The number of carbonyl (C=O) groups is 2.